The van der Waals surface area contributed by atoms with E-state index in [1.165, 1.54) is 12.1 Å². The van der Waals surface area contributed by atoms with Crippen molar-refractivity contribution in [2.45, 2.75) is 45.1 Å². The Labute approximate surface area is 226 Å². The van der Waals surface area contributed by atoms with Crippen LogP contribution in [0.5, 0.6) is 0 Å². The number of likely N-dealkylation sites (tertiary alicyclic amines) is 1. The van der Waals surface area contributed by atoms with E-state index in [1.54, 1.807) is 12.1 Å². The Bertz CT molecular complexity index is 1230. The predicted octanol–water partition coefficient (Wildman–Crippen LogP) is 3.38. The van der Waals surface area contributed by atoms with Gasteiger partial charge in [-0.25, -0.2) is 9.59 Å². The molecule has 3 aliphatic rings. The highest BCUT2D eigenvalue weighted by atomic mass is 16.5. The summed E-state index contributed by atoms with van der Waals surface area (Å²) < 4.78 is 10.4. The fourth-order valence-corrected chi connectivity index (χ4v) is 6.25. The van der Waals surface area contributed by atoms with Crippen molar-refractivity contribution in [3.8, 4) is 0 Å². The van der Waals surface area contributed by atoms with Gasteiger partial charge in [0, 0.05) is 12.1 Å². The molecule has 1 saturated heterocycles. The number of carbonyl (C=O) groups is 5. The zero-order valence-corrected chi connectivity index (χ0v) is 21.8. The van der Waals surface area contributed by atoms with Crippen molar-refractivity contribution < 1.29 is 33.4 Å². The molecule has 1 N–H and O–H groups in total. The number of amides is 3. The second-order valence-electron chi connectivity index (χ2n) is 10.5. The molecule has 0 spiro atoms. The molecule has 2 aromatic carbocycles. The molecule has 0 radical (unpaired) electrons. The second kappa shape index (κ2) is 11.4. The number of ether oxygens (including phenoxy) is 2. The van der Waals surface area contributed by atoms with Crippen LogP contribution in [-0.2, 0) is 35.1 Å². The molecule has 1 heterocycles. The summed E-state index contributed by atoms with van der Waals surface area (Å²) in [6, 6.07) is 14.2. The van der Waals surface area contributed by atoms with E-state index in [1.807, 2.05) is 37.3 Å². The van der Waals surface area contributed by atoms with E-state index in [0.29, 0.717) is 24.3 Å². The van der Waals surface area contributed by atoms with Crippen molar-refractivity contribution in [1.29, 1.82) is 0 Å². The topological polar surface area (TPSA) is 119 Å². The fraction of sp³-hybridized carbons (Fsp3) is 0.433. The quantitative estimate of drug-likeness (QED) is 0.368. The Balaban J connectivity index is 1.24. The first-order valence-corrected chi connectivity index (χ1v) is 13.5. The molecule has 3 fully saturated rings. The molecule has 2 bridgehead atoms. The van der Waals surface area contributed by atoms with Gasteiger partial charge in [-0.2, -0.15) is 0 Å². The Kier molecular flexibility index (Phi) is 7.77. The molecule has 2 aliphatic carbocycles. The largest absolute Gasteiger partial charge is 0.462 e. The lowest BCUT2D eigenvalue weighted by Crippen LogP contribution is -2.48. The van der Waals surface area contributed by atoms with Crippen LogP contribution in [0.1, 0.15) is 48.5 Å². The third kappa shape index (κ3) is 5.44. The number of nitrogens with one attached hydrogen (secondary N) is 1. The van der Waals surface area contributed by atoms with Crippen molar-refractivity contribution in [2.75, 3.05) is 18.5 Å². The summed E-state index contributed by atoms with van der Waals surface area (Å²) in [5.41, 5.74) is 1.55. The van der Waals surface area contributed by atoms with E-state index in [-0.39, 0.29) is 41.9 Å². The van der Waals surface area contributed by atoms with Crippen LogP contribution in [0.4, 0.5) is 5.69 Å². The normalized spacial score (nSPS) is 23.9. The summed E-state index contributed by atoms with van der Waals surface area (Å²) in [6.45, 7) is 1.64. The summed E-state index contributed by atoms with van der Waals surface area (Å²) in [5, 5.41) is 2.62. The molecule has 204 valence electrons. The van der Waals surface area contributed by atoms with Crippen molar-refractivity contribution in [1.82, 2.24) is 4.90 Å². The Morgan fingerprint density at radius 3 is 2.18 bits per heavy atom. The number of fused-ring (bicyclic) bond motifs is 5. The molecule has 1 aliphatic heterocycles. The number of hydrogen-bond donors (Lipinski definition) is 1. The number of benzene rings is 2. The van der Waals surface area contributed by atoms with Crippen molar-refractivity contribution in [3.63, 3.8) is 0 Å². The van der Waals surface area contributed by atoms with Crippen LogP contribution < -0.4 is 5.32 Å². The predicted molar refractivity (Wildman–Crippen MR) is 140 cm³/mol. The van der Waals surface area contributed by atoms with Gasteiger partial charge in [0.05, 0.1) is 24.0 Å². The first-order valence-electron chi connectivity index (χ1n) is 13.5. The van der Waals surface area contributed by atoms with Crippen LogP contribution in [0, 0.1) is 23.7 Å². The number of imide groups is 1. The summed E-state index contributed by atoms with van der Waals surface area (Å²) >= 11 is 0. The second-order valence-corrected chi connectivity index (χ2v) is 10.5. The third-order valence-electron chi connectivity index (χ3n) is 8.00. The smallest absolute Gasteiger partial charge is 0.338 e. The lowest BCUT2D eigenvalue weighted by atomic mass is 9.81. The van der Waals surface area contributed by atoms with Gasteiger partial charge in [-0.3, -0.25) is 19.3 Å². The molecule has 3 amide bonds. The van der Waals surface area contributed by atoms with Crippen molar-refractivity contribution in [3.05, 3.63) is 65.7 Å². The SMILES string of the molecule is CCCOC(=O)c1ccc(NC(=O)COC(=O)[C@H](Cc2ccccc2)N2C(=O)[C@H]3[C@H]4CC[C@@H](C4)[C@@H]3C2=O)cc1. The van der Waals surface area contributed by atoms with E-state index < -0.39 is 30.5 Å². The number of anilines is 1. The number of hydrogen-bond acceptors (Lipinski definition) is 7. The molecule has 9 heteroatoms. The Hall–Kier alpha value is -4.01. The molecule has 39 heavy (non-hydrogen) atoms. The summed E-state index contributed by atoms with van der Waals surface area (Å²) in [4.78, 5) is 65.7. The van der Waals surface area contributed by atoms with E-state index >= 15 is 0 Å². The molecule has 9 nitrogen and oxygen atoms in total. The van der Waals surface area contributed by atoms with Crippen molar-refractivity contribution >= 4 is 35.3 Å². The average molecular weight is 533 g/mol. The maximum atomic E-state index is 13.4. The average Bonchev–Trinajstić information content (AvgIpc) is 3.64. The van der Waals surface area contributed by atoms with Crippen molar-refractivity contribution in [2.24, 2.45) is 23.7 Å². The zero-order valence-electron chi connectivity index (χ0n) is 21.8. The molecule has 0 unspecified atom stereocenters. The maximum Gasteiger partial charge on any atom is 0.338 e. The standard InChI is InChI=1S/C30H32N2O7/c1-2-14-38-29(36)19-10-12-22(13-11-19)31-24(33)17-39-30(37)23(15-18-6-4-3-5-7-18)32-27(34)25-20-8-9-21(16-20)26(25)28(32)35/h3-7,10-13,20-21,23,25-26H,2,8-9,14-17H2,1H3,(H,31,33)/t20-,21-,23-,25-,26-/m0/s1. The molecule has 0 aromatic heterocycles. The highest BCUT2D eigenvalue weighted by Crippen LogP contribution is 2.56. The third-order valence-corrected chi connectivity index (χ3v) is 8.00. The van der Waals surface area contributed by atoms with Crippen LogP contribution in [0.25, 0.3) is 0 Å². The molecule has 5 rings (SSSR count). The minimum Gasteiger partial charge on any atom is -0.462 e. The molecular formula is C30H32N2O7. The van der Waals surface area contributed by atoms with Gasteiger partial charge < -0.3 is 14.8 Å². The first kappa shape index (κ1) is 26.6. The van der Waals surface area contributed by atoms with Gasteiger partial charge in [-0.15, -0.1) is 0 Å². The molecule has 2 saturated carbocycles. The van der Waals surface area contributed by atoms with Crippen LogP contribution >= 0.6 is 0 Å². The van der Waals surface area contributed by atoms with E-state index in [9.17, 15) is 24.0 Å². The van der Waals surface area contributed by atoms with Crippen LogP contribution in [0.15, 0.2) is 54.6 Å². The Morgan fingerprint density at radius 1 is 0.923 bits per heavy atom. The highest BCUT2D eigenvalue weighted by Gasteiger charge is 2.62. The number of rotatable bonds is 10. The monoisotopic (exact) mass is 532 g/mol. The number of esters is 2. The Morgan fingerprint density at radius 2 is 1.56 bits per heavy atom. The van der Waals surface area contributed by atoms with E-state index in [4.69, 9.17) is 9.47 Å². The molecular weight excluding hydrogens is 500 g/mol. The maximum absolute atomic E-state index is 13.4. The molecule has 2 aromatic rings. The van der Waals surface area contributed by atoms with Gasteiger partial charge in [0.1, 0.15) is 6.04 Å². The minimum absolute atomic E-state index is 0.114. The van der Waals surface area contributed by atoms with Crippen LogP contribution in [-0.4, -0.2) is 53.8 Å². The summed E-state index contributed by atoms with van der Waals surface area (Å²) in [7, 11) is 0. The van der Waals surface area contributed by atoms with Gasteiger partial charge in [0.2, 0.25) is 11.8 Å². The van der Waals surface area contributed by atoms with Gasteiger partial charge in [-0.1, -0.05) is 37.3 Å². The van der Waals surface area contributed by atoms with Crippen LogP contribution in [0.2, 0.25) is 0 Å². The fourth-order valence-electron chi connectivity index (χ4n) is 6.25. The van der Waals surface area contributed by atoms with Gasteiger partial charge in [-0.05, 0) is 67.3 Å². The minimum atomic E-state index is -1.14. The zero-order chi connectivity index (χ0) is 27.5. The van der Waals surface area contributed by atoms with Gasteiger partial charge >= 0.3 is 11.9 Å². The first-order chi connectivity index (χ1) is 18.9. The van der Waals surface area contributed by atoms with E-state index in [0.717, 1.165) is 29.7 Å². The van der Waals surface area contributed by atoms with Gasteiger partial charge in [0.15, 0.2) is 6.61 Å². The number of nitrogens with zero attached hydrogens (tertiary/aromatic N) is 1. The summed E-state index contributed by atoms with van der Waals surface area (Å²) in [6.07, 6.45) is 3.60. The highest BCUT2D eigenvalue weighted by molar-refractivity contribution is 6.08. The number of carbonyl (C=O) groups excluding carboxylic acids is 5. The lowest BCUT2D eigenvalue weighted by molar-refractivity contribution is -0.160. The summed E-state index contributed by atoms with van der Waals surface area (Å²) in [5.74, 6) is -2.73. The van der Waals surface area contributed by atoms with Crippen LogP contribution in [0.3, 0.4) is 0 Å². The van der Waals surface area contributed by atoms with Gasteiger partial charge in [0.25, 0.3) is 5.91 Å². The lowest BCUT2D eigenvalue weighted by Gasteiger charge is -2.26. The molecule has 5 atom stereocenters. The van der Waals surface area contributed by atoms with E-state index in [2.05, 4.69) is 5.32 Å².